The average molecular weight is 382 g/mol. The minimum absolute atomic E-state index is 0.0679. The van der Waals surface area contributed by atoms with Crippen LogP contribution >= 0.6 is 0 Å². The molecule has 1 N–H and O–H groups in total. The quantitative estimate of drug-likeness (QED) is 0.861. The summed E-state index contributed by atoms with van der Waals surface area (Å²) in [6, 6.07) is 11.8. The van der Waals surface area contributed by atoms with E-state index in [4.69, 9.17) is 9.47 Å². The van der Waals surface area contributed by atoms with Crippen LogP contribution in [-0.2, 0) is 6.42 Å². The van der Waals surface area contributed by atoms with Gasteiger partial charge in [0, 0.05) is 55.7 Å². The van der Waals surface area contributed by atoms with Crippen LogP contribution in [-0.4, -0.2) is 60.3 Å². The Bertz CT molecular complexity index is 815. The molecule has 2 aromatic rings. The number of benzene rings is 1. The largest absolute Gasteiger partial charge is 0.454 e. The number of carbonyl (C=O) groups is 1. The summed E-state index contributed by atoms with van der Waals surface area (Å²) in [5.74, 6) is 1.38. The molecule has 2 amide bonds. The molecular formula is C21H26N4O3. The fraction of sp³-hybridized carbons (Fsp3) is 0.429. The normalized spacial score (nSPS) is 18.4. The van der Waals surface area contributed by atoms with Crippen molar-refractivity contribution >= 4 is 11.7 Å². The number of ether oxygens (including phenoxy) is 2. The van der Waals surface area contributed by atoms with Crippen molar-refractivity contribution in [1.29, 1.82) is 0 Å². The van der Waals surface area contributed by atoms with Crippen molar-refractivity contribution in [3.05, 3.63) is 48.3 Å². The summed E-state index contributed by atoms with van der Waals surface area (Å²) in [6.45, 7) is 2.67. The molecule has 0 unspecified atom stereocenters. The third-order valence-electron chi connectivity index (χ3n) is 5.38. The molecule has 1 aromatic heterocycles. The molecule has 2 aliphatic rings. The summed E-state index contributed by atoms with van der Waals surface area (Å²) in [5, 5.41) is 2.98. The fourth-order valence-electron chi connectivity index (χ4n) is 3.70. The molecular weight excluding hydrogens is 356 g/mol. The molecule has 3 heterocycles. The van der Waals surface area contributed by atoms with Gasteiger partial charge in [-0.2, -0.15) is 0 Å². The minimum Gasteiger partial charge on any atom is -0.454 e. The standard InChI is InChI=1S/C21H26N4O3/c1-24(12-9-16-5-2-3-10-22-16)18-6-4-11-25(14-18)21(26)23-17-7-8-19-20(13-17)28-15-27-19/h2-3,5,7-8,10,13,18H,4,6,9,11-12,14-15H2,1H3,(H,23,26)/t18-/m0/s1. The number of nitrogens with one attached hydrogen (secondary N) is 1. The smallest absolute Gasteiger partial charge is 0.321 e. The van der Waals surface area contributed by atoms with Gasteiger partial charge in [0.25, 0.3) is 0 Å². The highest BCUT2D eigenvalue weighted by molar-refractivity contribution is 5.89. The van der Waals surface area contributed by atoms with Crippen molar-refractivity contribution in [2.24, 2.45) is 0 Å². The lowest BCUT2D eigenvalue weighted by molar-refractivity contribution is 0.133. The van der Waals surface area contributed by atoms with Crippen LogP contribution in [0, 0.1) is 0 Å². The molecule has 4 rings (SSSR count). The van der Waals surface area contributed by atoms with Crippen LogP contribution in [0.15, 0.2) is 42.6 Å². The predicted molar refractivity (Wildman–Crippen MR) is 107 cm³/mol. The Morgan fingerprint density at radius 3 is 3.04 bits per heavy atom. The third kappa shape index (κ3) is 4.36. The lowest BCUT2D eigenvalue weighted by atomic mass is 10.0. The molecule has 2 aliphatic heterocycles. The van der Waals surface area contributed by atoms with Gasteiger partial charge in [0.05, 0.1) is 0 Å². The monoisotopic (exact) mass is 382 g/mol. The first-order valence-corrected chi connectivity index (χ1v) is 9.75. The Morgan fingerprint density at radius 2 is 2.18 bits per heavy atom. The van der Waals surface area contributed by atoms with Crippen molar-refractivity contribution in [2.75, 3.05) is 38.8 Å². The lowest BCUT2D eigenvalue weighted by Gasteiger charge is -2.37. The molecule has 1 saturated heterocycles. The van der Waals surface area contributed by atoms with E-state index < -0.39 is 0 Å². The number of anilines is 1. The van der Waals surface area contributed by atoms with Gasteiger partial charge >= 0.3 is 6.03 Å². The number of pyridine rings is 1. The first-order chi connectivity index (χ1) is 13.7. The van der Waals surface area contributed by atoms with Crippen LogP contribution in [0.5, 0.6) is 11.5 Å². The summed E-state index contributed by atoms with van der Waals surface area (Å²) in [4.78, 5) is 21.4. The van der Waals surface area contributed by atoms with E-state index >= 15 is 0 Å². The van der Waals surface area contributed by atoms with Crippen LogP contribution in [0.25, 0.3) is 0 Å². The molecule has 0 saturated carbocycles. The first-order valence-electron chi connectivity index (χ1n) is 9.75. The number of hydrogen-bond acceptors (Lipinski definition) is 5. The second-order valence-corrected chi connectivity index (χ2v) is 7.29. The van der Waals surface area contributed by atoms with E-state index in [1.807, 2.05) is 35.4 Å². The SMILES string of the molecule is CN(CCc1ccccn1)[C@H]1CCCN(C(=O)Nc2ccc3c(c2)OCO3)C1. The third-order valence-corrected chi connectivity index (χ3v) is 5.38. The zero-order chi connectivity index (χ0) is 19.3. The number of carbonyl (C=O) groups excluding carboxylic acids is 1. The van der Waals surface area contributed by atoms with Gasteiger partial charge < -0.3 is 24.6 Å². The van der Waals surface area contributed by atoms with E-state index in [1.165, 1.54) is 0 Å². The van der Waals surface area contributed by atoms with Crippen molar-refractivity contribution in [3.63, 3.8) is 0 Å². The van der Waals surface area contributed by atoms with Gasteiger partial charge in [0.15, 0.2) is 11.5 Å². The van der Waals surface area contributed by atoms with Crippen molar-refractivity contribution < 1.29 is 14.3 Å². The number of amides is 2. The van der Waals surface area contributed by atoms with Crippen LogP contribution in [0.2, 0.25) is 0 Å². The van der Waals surface area contributed by atoms with E-state index in [1.54, 1.807) is 6.07 Å². The number of aromatic nitrogens is 1. The number of fused-ring (bicyclic) bond motifs is 1. The maximum Gasteiger partial charge on any atom is 0.321 e. The summed E-state index contributed by atoms with van der Waals surface area (Å²) in [5.41, 5.74) is 1.82. The molecule has 28 heavy (non-hydrogen) atoms. The minimum atomic E-state index is -0.0679. The van der Waals surface area contributed by atoms with Crippen LogP contribution < -0.4 is 14.8 Å². The zero-order valence-electron chi connectivity index (χ0n) is 16.1. The maximum absolute atomic E-state index is 12.7. The Labute approximate surface area is 165 Å². The van der Waals surface area contributed by atoms with Gasteiger partial charge in [0.1, 0.15) is 0 Å². The Hall–Kier alpha value is -2.80. The molecule has 1 aromatic carbocycles. The average Bonchev–Trinajstić information content (AvgIpc) is 3.21. The van der Waals surface area contributed by atoms with E-state index in [0.717, 1.165) is 50.3 Å². The molecule has 0 aliphatic carbocycles. The zero-order valence-corrected chi connectivity index (χ0v) is 16.1. The molecule has 7 nitrogen and oxygen atoms in total. The second-order valence-electron chi connectivity index (χ2n) is 7.29. The van der Waals surface area contributed by atoms with E-state index in [-0.39, 0.29) is 12.8 Å². The Balaban J connectivity index is 1.30. The van der Waals surface area contributed by atoms with Crippen molar-refractivity contribution in [2.45, 2.75) is 25.3 Å². The van der Waals surface area contributed by atoms with Crippen molar-refractivity contribution in [3.8, 4) is 11.5 Å². The lowest BCUT2D eigenvalue weighted by Crippen LogP contribution is -2.50. The number of likely N-dealkylation sites (N-methyl/N-ethyl adjacent to an activating group) is 1. The molecule has 1 fully saturated rings. The Kier molecular flexibility index (Phi) is 5.62. The predicted octanol–water partition coefficient (Wildman–Crippen LogP) is 2.98. The summed E-state index contributed by atoms with van der Waals surface area (Å²) >= 11 is 0. The number of piperidine rings is 1. The van der Waals surface area contributed by atoms with Gasteiger partial charge in [-0.15, -0.1) is 0 Å². The molecule has 1 atom stereocenters. The van der Waals surface area contributed by atoms with Gasteiger partial charge in [-0.1, -0.05) is 6.07 Å². The number of likely N-dealkylation sites (tertiary alicyclic amines) is 1. The molecule has 0 spiro atoms. The molecule has 0 bridgehead atoms. The molecule has 0 radical (unpaired) electrons. The van der Waals surface area contributed by atoms with Gasteiger partial charge in [-0.05, 0) is 44.2 Å². The van der Waals surface area contributed by atoms with Crippen LogP contribution in [0.4, 0.5) is 10.5 Å². The van der Waals surface area contributed by atoms with E-state index in [0.29, 0.717) is 17.5 Å². The van der Waals surface area contributed by atoms with Crippen molar-refractivity contribution in [1.82, 2.24) is 14.8 Å². The van der Waals surface area contributed by atoms with Gasteiger partial charge in [0.2, 0.25) is 6.79 Å². The highest BCUT2D eigenvalue weighted by Gasteiger charge is 2.26. The number of rotatable bonds is 5. The van der Waals surface area contributed by atoms with E-state index in [9.17, 15) is 4.79 Å². The highest BCUT2D eigenvalue weighted by Crippen LogP contribution is 2.34. The van der Waals surface area contributed by atoms with Gasteiger partial charge in [-0.25, -0.2) is 4.79 Å². The van der Waals surface area contributed by atoms with Gasteiger partial charge in [-0.3, -0.25) is 4.98 Å². The van der Waals surface area contributed by atoms with Crippen LogP contribution in [0.1, 0.15) is 18.5 Å². The molecule has 7 heteroatoms. The van der Waals surface area contributed by atoms with E-state index in [2.05, 4.69) is 28.3 Å². The highest BCUT2D eigenvalue weighted by atomic mass is 16.7. The summed E-state index contributed by atoms with van der Waals surface area (Å²) in [6.07, 6.45) is 4.86. The number of urea groups is 1. The fourth-order valence-corrected chi connectivity index (χ4v) is 3.70. The summed E-state index contributed by atoms with van der Waals surface area (Å²) in [7, 11) is 2.13. The molecule has 148 valence electrons. The maximum atomic E-state index is 12.7. The Morgan fingerprint density at radius 1 is 1.29 bits per heavy atom. The number of hydrogen-bond donors (Lipinski definition) is 1. The first kappa shape index (κ1) is 18.6. The number of nitrogens with zero attached hydrogens (tertiary/aromatic N) is 3. The van der Waals surface area contributed by atoms with Crippen LogP contribution in [0.3, 0.4) is 0 Å². The topological polar surface area (TPSA) is 66.9 Å². The summed E-state index contributed by atoms with van der Waals surface area (Å²) < 4.78 is 10.7. The second kappa shape index (κ2) is 8.48.